The van der Waals surface area contributed by atoms with E-state index in [-0.39, 0.29) is 10.3 Å². The molecule has 0 saturated carbocycles. The quantitative estimate of drug-likeness (QED) is 0.765. The van der Waals surface area contributed by atoms with Gasteiger partial charge < -0.3 is 0 Å². The number of alkyl halides is 3. The second-order valence-corrected chi connectivity index (χ2v) is 5.21. The molecule has 1 aromatic heterocycles. The van der Waals surface area contributed by atoms with E-state index in [0.29, 0.717) is 15.6 Å². The van der Waals surface area contributed by atoms with Crippen molar-refractivity contribution in [3.8, 4) is 0 Å². The number of aromatic nitrogens is 2. The molecule has 3 nitrogen and oxygen atoms in total. The van der Waals surface area contributed by atoms with E-state index in [1.54, 1.807) is 18.2 Å². The molecule has 0 amide bonds. The third-order valence-corrected chi connectivity index (χ3v) is 3.36. The summed E-state index contributed by atoms with van der Waals surface area (Å²) in [5, 5.41) is 0.832. The summed E-state index contributed by atoms with van der Waals surface area (Å²) in [6.45, 7) is 0. The lowest BCUT2D eigenvalue weighted by atomic mass is 10.2. The van der Waals surface area contributed by atoms with Crippen molar-refractivity contribution in [1.29, 1.82) is 0 Å². The number of halogens is 5. The van der Waals surface area contributed by atoms with E-state index in [9.17, 15) is 13.6 Å². The highest BCUT2D eigenvalue weighted by Crippen LogP contribution is 2.26. The zero-order valence-corrected chi connectivity index (χ0v) is 12.5. The monoisotopic (exact) mass is 350 g/mol. The molecule has 0 aliphatic heterocycles. The van der Waals surface area contributed by atoms with Crippen molar-refractivity contribution in [2.45, 2.75) is 5.51 Å². The van der Waals surface area contributed by atoms with Crippen molar-refractivity contribution in [3.05, 3.63) is 62.2 Å². The largest absolute Gasteiger partial charge is 0.414 e. The van der Waals surface area contributed by atoms with Gasteiger partial charge in [-0.25, -0.2) is 9.36 Å². The highest BCUT2D eigenvalue weighted by Gasteiger charge is 2.28. The van der Waals surface area contributed by atoms with Crippen LogP contribution in [-0.2, 0) is 5.51 Å². The van der Waals surface area contributed by atoms with Gasteiger partial charge in [0.15, 0.2) is 0 Å². The van der Waals surface area contributed by atoms with Crippen LogP contribution in [0.5, 0.6) is 0 Å². The number of nitrogens with zero attached hydrogens (tertiary/aromatic N) is 2. The molecule has 0 spiro atoms. The standard InChI is InChI=1S/C13H7Cl3F2N2O/c14-10-2-1-3-11(15)9(10)5-4-8-6-7-20(12(21)19-8)13(16,17)18/h1-7H. The number of rotatable bonds is 3. The van der Waals surface area contributed by atoms with Gasteiger partial charge in [0.05, 0.1) is 5.69 Å². The van der Waals surface area contributed by atoms with Crippen LogP contribution in [0.4, 0.5) is 8.78 Å². The molecule has 8 heteroatoms. The van der Waals surface area contributed by atoms with Crippen LogP contribution in [0.3, 0.4) is 0 Å². The molecule has 0 saturated heterocycles. The lowest BCUT2D eigenvalue weighted by Crippen LogP contribution is -2.31. The number of hydrogen-bond acceptors (Lipinski definition) is 2. The van der Waals surface area contributed by atoms with Gasteiger partial charge in [-0.15, -0.1) is 0 Å². The average Bonchev–Trinajstić information content (AvgIpc) is 2.36. The fourth-order valence-electron chi connectivity index (χ4n) is 1.54. The van der Waals surface area contributed by atoms with Crippen LogP contribution in [0, 0.1) is 0 Å². The molecular formula is C13H7Cl3F2N2O. The van der Waals surface area contributed by atoms with Gasteiger partial charge in [-0.2, -0.15) is 13.8 Å². The maximum Gasteiger partial charge on any atom is 0.414 e. The van der Waals surface area contributed by atoms with Gasteiger partial charge in [0, 0.05) is 21.8 Å². The first-order chi connectivity index (χ1) is 9.79. The Labute approximate surface area is 133 Å². The lowest BCUT2D eigenvalue weighted by Gasteiger charge is -2.09. The molecule has 0 aliphatic carbocycles. The molecule has 0 unspecified atom stereocenters. The lowest BCUT2D eigenvalue weighted by molar-refractivity contribution is 0.00897. The van der Waals surface area contributed by atoms with Gasteiger partial charge in [0.1, 0.15) is 0 Å². The average molecular weight is 352 g/mol. The topological polar surface area (TPSA) is 34.9 Å². The Morgan fingerprint density at radius 2 is 1.76 bits per heavy atom. The summed E-state index contributed by atoms with van der Waals surface area (Å²) in [5.41, 5.74) is -4.27. The second kappa shape index (κ2) is 6.13. The van der Waals surface area contributed by atoms with Crippen LogP contribution < -0.4 is 5.69 Å². The first-order valence-corrected chi connectivity index (χ1v) is 6.71. The third kappa shape index (κ3) is 3.81. The van der Waals surface area contributed by atoms with Crippen molar-refractivity contribution in [2.75, 3.05) is 0 Å². The summed E-state index contributed by atoms with van der Waals surface area (Å²) in [6, 6.07) is 6.20. The Balaban J connectivity index is 2.35. The van der Waals surface area contributed by atoms with Gasteiger partial charge >= 0.3 is 11.2 Å². The Bertz CT molecular complexity index is 734. The zero-order valence-electron chi connectivity index (χ0n) is 10.2. The van der Waals surface area contributed by atoms with Crippen molar-refractivity contribution < 1.29 is 8.78 Å². The van der Waals surface area contributed by atoms with E-state index in [2.05, 4.69) is 4.98 Å². The minimum Gasteiger partial charge on any atom is -0.245 e. The molecule has 0 N–H and O–H groups in total. The van der Waals surface area contributed by atoms with E-state index in [1.165, 1.54) is 18.2 Å². The van der Waals surface area contributed by atoms with Gasteiger partial charge in [-0.1, -0.05) is 29.3 Å². The molecule has 0 radical (unpaired) electrons. The number of hydrogen-bond donors (Lipinski definition) is 0. The Morgan fingerprint density at radius 3 is 2.29 bits per heavy atom. The van der Waals surface area contributed by atoms with Crippen LogP contribution >= 0.6 is 34.8 Å². The van der Waals surface area contributed by atoms with E-state index in [1.807, 2.05) is 0 Å². The molecule has 1 aromatic carbocycles. The highest BCUT2D eigenvalue weighted by atomic mass is 35.5. The molecule has 0 atom stereocenters. The van der Waals surface area contributed by atoms with E-state index in [0.717, 1.165) is 6.20 Å². The predicted molar refractivity (Wildman–Crippen MR) is 79.9 cm³/mol. The smallest absolute Gasteiger partial charge is 0.245 e. The van der Waals surface area contributed by atoms with Gasteiger partial charge in [-0.05, 0) is 42.0 Å². The van der Waals surface area contributed by atoms with Gasteiger partial charge in [-0.3, -0.25) is 0 Å². The summed E-state index contributed by atoms with van der Waals surface area (Å²) in [4.78, 5) is 14.9. The van der Waals surface area contributed by atoms with Crippen molar-refractivity contribution in [1.82, 2.24) is 9.55 Å². The fraction of sp³-hybridized carbons (Fsp3) is 0.0769. The molecule has 2 rings (SSSR count). The normalized spacial score (nSPS) is 12.0. The van der Waals surface area contributed by atoms with Gasteiger partial charge in [0.25, 0.3) is 0 Å². The molecule has 1 heterocycles. The van der Waals surface area contributed by atoms with Gasteiger partial charge in [0.2, 0.25) is 0 Å². The molecule has 2 aromatic rings. The molecule has 0 aliphatic rings. The van der Waals surface area contributed by atoms with Crippen LogP contribution in [0.15, 0.2) is 35.3 Å². The predicted octanol–water partition coefficient (Wildman–Crippen LogP) is 4.47. The minimum absolute atomic E-state index is 0.0222. The highest BCUT2D eigenvalue weighted by molar-refractivity contribution is 6.37. The zero-order chi connectivity index (χ0) is 15.6. The van der Waals surface area contributed by atoms with Crippen LogP contribution in [0.1, 0.15) is 11.3 Å². The molecular weight excluding hydrogens is 345 g/mol. The summed E-state index contributed by atoms with van der Waals surface area (Å²) >= 11 is 16.7. The second-order valence-electron chi connectivity index (χ2n) is 3.94. The molecule has 0 bridgehead atoms. The maximum atomic E-state index is 12.8. The summed E-state index contributed by atoms with van der Waals surface area (Å²) in [6.07, 6.45) is 3.83. The summed E-state index contributed by atoms with van der Waals surface area (Å²) in [7, 11) is 0. The van der Waals surface area contributed by atoms with Crippen molar-refractivity contribution in [2.24, 2.45) is 0 Å². The Kier molecular flexibility index (Phi) is 4.66. The van der Waals surface area contributed by atoms with E-state index in [4.69, 9.17) is 34.8 Å². The van der Waals surface area contributed by atoms with Crippen LogP contribution in [-0.4, -0.2) is 9.55 Å². The molecule has 21 heavy (non-hydrogen) atoms. The minimum atomic E-state index is -3.82. The van der Waals surface area contributed by atoms with Crippen LogP contribution in [0.2, 0.25) is 10.0 Å². The molecule has 110 valence electrons. The SMILES string of the molecule is O=c1nc(C=Cc2c(Cl)cccc2Cl)ccn1C(F)(F)Cl. The first-order valence-electron chi connectivity index (χ1n) is 5.58. The van der Waals surface area contributed by atoms with Crippen molar-refractivity contribution >= 4 is 47.0 Å². The molecule has 0 fully saturated rings. The van der Waals surface area contributed by atoms with Crippen LogP contribution in [0.25, 0.3) is 12.2 Å². The number of benzene rings is 1. The first kappa shape index (κ1) is 15.9. The fourth-order valence-corrected chi connectivity index (χ4v) is 2.19. The maximum absolute atomic E-state index is 12.8. The Morgan fingerprint density at radius 1 is 1.14 bits per heavy atom. The van der Waals surface area contributed by atoms with E-state index >= 15 is 0 Å². The van der Waals surface area contributed by atoms with Crippen molar-refractivity contribution in [3.63, 3.8) is 0 Å². The third-order valence-electron chi connectivity index (χ3n) is 2.52. The Hall–Kier alpha value is -1.43. The summed E-state index contributed by atoms with van der Waals surface area (Å²) in [5.74, 6) is 0. The summed E-state index contributed by atoms with van der Waals surface area (Å²) < 4.78 is 25.7. The van der Waals surface area contributed by atoms with E-state index < -0.39 is 11.2 Å².